The molecule has 0 aliphatic carbocycles. The van der Waals surface area contributed by atoms with Gasteiger partial charge in [-0.05, 0) is 62.7 Å². The van der Waals surface area contributed by atoms with E-state index < -0.39 is 0 Å². The molecule has 0 fully saturated rings. The van der Waals surface area contributed by atoms with E-state index in [1.807, 2.05) is 25.2 Å². The fourth-order valence-electron chi connectivity index (χ4n) is 1.61. The molecule has 1 unspecified atom stereocenters. The molecule has 0 rings (SSSR count). The fourth-order valence-corrected chi connectivity index (χ4v) is 1.61. The van der Waals surface area contributed by atoms with E-state index in [2.05, 4.69) is 30.3 Å². The molecular weight excluding hydrogens is 260 g/mol. The number of hydrogen-bond donors (Lipinski definition) is 0. The quantitative estimate of drug-likeness (QED) is 0.289. The molecule has 2 nitrogen and oxygen atoms in total. The lowest BCUT2D eigenvalue weighted by Crippen LogP contribution is -2.13. The molecule has 0 saturated heterocycles. The summed E-state index contributed by atoms with van der Waals surface area (Å²) in [5.41, 5.74) is 0. The summed E-state index contributed by atoms with van der Waals surface area (Å²) in [4.78, 5) is 11.1. The molecule has 0 aromatic carbocycles. The Kier molecular flexibility index (Phi) is 12.7. The number of carbonyl (C=O) groups is 1. The number of hydrogen-bond acceptors (Lipinski definition) is 2. The molecule has 112 valence electrons. The summed E-state index contributed by atoms with van der Waals surface area (Å²) >= 11 is 0. The van der Waals surface area contributed by atoms with E-state index in [1.54, 1.807) is 12.2 Å². The first kappa shape index (κ1) is 18.8. The maximum atomic E-state index is 11.1. The van der Waals surface area contributed by atoms with Crippen molar-refractivity contribution in [3.63, 3.8) is 0 Å². The molecule has 0 spiro atoms. The average molecular weight is 284 g/mol. The molecule has 21 heavy (non-hydrogen) atoms. The molecular formula is C19H24O2. The van der Waals surface area contributed by atoms with Gasteiger partial charge in [0.15, 0.2) is 0 Å². The molecule has 0 aliphatic rings. The van der Waals surface area contributed by atoms with E-state index in [9.17, 15) is 4.79 Å². The molecule has 2 heteroatoms. The van der Waals surface area contributed by atoms with Crippen LogP contribution in [0.15, 0.2) is 37.0 Å². The number of unbranched alkanes of at least 4 members (excludes halogenated alkanes) is 3. The number of carbonyl (C=O) groups excluding carboxylic acids is 1. The lowest BCUT2D eigenvalue weighted by atomic mass is 10.1. The van der Waals surface area contributed by atoms with Crippen LogP contribution in [0.3, 0.4) is 0 Å². The van der Waals surface area contributed by atoms with Crippen LogP contribution in [0.25, 0.3) is 0 Å². The topological polar surface area (TPSA) is 26.3 Å². The Labute approximate surface area is 129 Å². The highest BCUT2D eigenvalue weighted by Gasteiger charge is 2.07. The smallest absolute Gasteiger partial charge is 0.303 e. The second-order valence-electron chi connectivity index (χ2n) is 4.47. The van der Waals surface area contributed by atoms with E-state index in [1.165, 1.54) is 6.92 Å². The number of rotatable bonds is 8. The zero-order valence-electron chi connectivity index (χ0n) is 13.0. The lowest BCUT2D eigenvalue weighted by Gasteiger charge is -2.12. The van der Waals surface area contributed by atoms with E-state index in [0.29, 0.717) is 0 Å². The summed E-state index contributed by atoms with van der Waals surface area (Å²) in [6.07, 6.45) is 13.9. The third-order valence-corrected chi connectivity index (χ3v) is 2.57. The summed E-state index contributed by atoms with van der Waals surface area (Å²) in [6.45, 7) is 7.03. The predicted octanol–water partition coefficient (Wildman–Crippen LogP) is 4.19. The maximum absolute atomic E-state index is 11.1. The van der Waals surface area contributed by atoms with Gasteiger partial charge >= 0.3 is 5.97 Å². The first-order chi connectivity index (χ1) is 10.2. The molecule has 0 heterocycles. The van der Waals surface area contributed by atoms with Gasteiger partial charge in [-0.15, -0.1) is 6.58 Å². The largest absolute Gasteiger partial charge is 0.458 e. The molecule has 0 radical (unpaired) electrons. The second-order valence-corrected chi connectivity index (χ2v) is 4.47. The standard InChI is InChI=1S/C19H24O2/c1-4-6-8-10-11-13-15-17-19(21-18(3)20)16-14-12-9-7-5-2/h4-6,15,17,19H,2,7,9,12,14,16H2,1,3H3. The first-order valence-corrected chi connectivity index (χ1v) is 7.27. The summed E-state index contributed by atoms with van der Waals surface area (Å²) < 4.78 is 5.24. The van der Waals surface area contributed by atoms with Crippen LogP contribution >= 0.6 is 0 Å². The van der Waals surface area contributed by atoms with Crippen LogP contribution in [0.2, 0.25) is 0 Å². The molecule has 0 bridgehead atoms. The van der Waals surface area contributed by atoms with Crippen LogP contribution in [-0.4, -0.2) is 12.1 Å². The van der Waals surface area contributed by atoms with Crippen molar-refractivity contribution in [2.75, 3.05) is 0 Å². The SMILES string of the molecule is C=CCCCCCC(C=CC#CC#CC=CC)OC(C)=O. The van der Waals surface area contributed by atoms with Crippen molar-refractivity contribution in [3.05, 3.63) is 37.0 Å². The van der Waals surface area contributed by atoms with Gasteiger partial charge in [0.2, 0.25) is 0 Å². The van der Waals surface area contributed by atoms with Gasteiger partial charge < -0.3 is 4.74 Å². The zero-order chi connectivity index (χ0) is 15.8. The van der Waals surface area contributed by atoms with E-state index in [-0.39, 0.29) is 12.1 Å². The van der Waals surface area contributed by atoms with Crippen molar-refractivity contribution in [1.82, 2.24) is 0 Å². The molecule has 0 aromatic heterocycles. The van der Waals surface area contributed by atoms with Gasteiger partial charge in [0, 0.05) is 6.92 Å². The normalized spacial score (nSPS) is 11.3. The summed E-state index contributed by atoms with van der Waals surface area (Å²) in [6, 6.07) is 0. The Morgan fingerprint density at radius 3 is 2.52 bits per heavy atom. The maximum Gasteiger partial charge on any atom is 0.303 e. The Hall–Kier alpha value is -2.19. The third kappa shape index (κ3) is 14.0. The predicted molar refractivity (Wildman–Crippen MR) is 88.3 cm³/mol. The fraction of sp³-hybridized carbons (Fsp3) is 0.421. The Bertz CT molecular complexity index is 475. The monoisotopic (exact) mass is 284 g/mol. The Morgan fingerprint density at radius 2 is 1.90 bits per heavy atom. The van der Waals surface area contributed by atoms with Crippen LogP contribution in [0.5, 0.6) is 0 Å². The minimum atomic E-state index is -0.267. The highest BCUT2D eigenvalue weighted by atomic mass is 16.5. The van der Waals surface area contributed by atoms with Crippen molar-refractivity contribution in [1.29, 1.82) is 0 Å². The van der Waals surface area contributed by atoms with Gasteiger partial charge in [0.1, 0.15) is 6.10 Å². The minimum absolute atomic E-state index is 0.205. The van der Waals surface area contributed by atoms with Gasteiger partial charge in [-0.3, -0.25) is 4.79 Å². The number of esters is 1. The van der Waals surface area contributed by atoms with Crippen molar-refractivity contribution < 1.29 is 9.53 Å². The van der Waals surface area contributed by atoms with Gasteiger partial charge in [0.25, 0.3) is 0 Å². The van der Waals surface area contributed by atoms with Gasteiger partial charge in [-0.25, -0.2) is 0 Å². The second kappa shape index (κ2) is 14.2. The average Bonchev–Trinajstić information content (AvgIpc) is 2.45. The van der Waals surface area contributed by atoms with Crippen LogP contribution < -0.4 is 0 Å². The van der Waals surface area contributed by atoms with E-state index >= 15 is 0 Å². The summed E-state index contributed by atoms with van der Waals surface area (Å²) in [7, 11) is 0. The molecule has 0 N–H and O–H groups in total. The van der Waals surface area contributed by atoms with Crippen molar-refractivity contribution >= 4 is 5.97 Å². The highest BCUT2D eigenvalue weighted by molar-refractivity contribution is 5.66. The molecule has 1 atom stereocenters. The molecule has 0 amide bonds. The van der Waals surface area contributed by atoms with Crippen molar-refractivity contribution in [2.45, 2.75) is 52.1 Å². The van der Waals surface area contributed by atoms with Crippen LogP contribution in [0, 0.1) is 23.7 Å². The van der Waals surface area contributed by atoms with Gasteiger partial charge in [-0.2, -0.15) is 0 Å². The number of ether oxygens (including phenoxy) is 1. The summed E-state index contributed by atoms with van der Waals surface area (Å²) in [5, 5.41) is 0. The van der Waals surface area contributed by atoms with Crippen LogP contribution in [0.1, 0.15) is 46.0 Å². The minimum Gasteiger partial charge on any atom is -0.458 e. The highest BCUT2D eigenvalue weighted by Crippen LogP contribution is 2.10. The molecule has 0 saturated carbocycles. The first-order valence-electron chi connectivity index (χ1n) is 7.27. The van der Waals surface area contributed by atoms with Gasteiger partial charge in [-0.1, -0.05) is 30.4 Å². The molecule has 0 aliphatic heterocycles. The van der Waals surface area contributed by atoms with Crippen molar-refractivity contribution in [2.24, 2.45) is 0 Å². The van der Waals surface area contributed by atoms with E-state index in [4.69, 9.17) is 4.74 Å². The Morgan fingerprint density at radius 1 is 1.19 bits per heavy atom. The molecule has 0 aromatic rings. The van der Waals surface area contributed by atoms with Crippen molar-refractivity contribution in [3.8, 4) is 23.7 Å². The zero-order valence-corrected chi connectivity index (χ0v) is 13.0. The van der Waals surface area contributed by atoms with Crippen LogP contribution in [0.4, 0.5) is 0 Å². The lowest BCUT2D eigenvalue weighted by molar-refractivity contribution is -0.144. The third-order valence-electron chi connectivity index (χ3n) is 2.57. The summed E-state index contributed by atoms with van der Waals surface area (Å²) in [5.74, 6) is 10.7. The van der Waals surface area contributed by atoms with Crippen LogP contribution in [-0.2, 0) is 9.53 Å². The van der Waals surface area contributed by atoms with E-state index in [0.717, 1.165) is 32.1 Å². The van der Waals surface area contributed by atoms with Gasteiger partial charge in [0.05, 0.1) is 0 Å². The Balaban J connectivity index is 4.25. The number of allylic oxidation sites excluding steroid dienone is 4.